The highest BCUT2D eigenvalue weighted by atomic mass is 16.5. The van der Waals surface area contributed by atoms with Crippen LogP contribution < -0.4 is 15.2 Å². The van der Waals surface area contributed by atoms with Crippen molar-refractivity contribution < 1.29 is 9.47 Å². The SMILES string of the molecule is COc1cc(CC2(N)CC2)ccc1OCC1CC1. The van der Waals surface area contributed by atoms with Crippen molar-refractivity contribution in [1.82, 2.24) is 0 Å². The molecule has 3 heteroatoms. The average molecular weight is 247 g/mol. The molecular formula is C15H21NO2. The summed E-state index contributed by atoms with van der Waals surface area (Å²) in [5.41, 5.74) is 7.43. The molecule has 0 aliphatic heterocycles. The molecule has 18 heavy (non-hydrogen) atoms. The van der Waals surface area contributed by atoms with E-state index >= 15 is 0 Å². The van der Waals surface area contributed by atoms with Crippen molar-refractivity contribution in [2.75, 3.05) is 13.7 Å². The van der Waals surface area contributed by atoms with Crippen LogP contribution in [0.1, 0.15) is 31.2 Å². The zero-order valence-corrected chi connectivity index (χ0v) is 10.9. The third kappa shape index (κ3) is 2.78. The molecule has 0 amide bonds. The average Bonchev–Trinajstić information content (AvgIpc) is 3.26. The number of ether oxygens (including phenoxy) is 2. The Kier molecular flexibility index (Phi) is 2.94. The van der Waals surface area contributed by atoms with Crippen LogP contribution in [0.15, 0.2) is 18.2 Å². The summed E-state index contributed by atoms with van der Waals surface area (Å²) in [4.78, 5) is 0. The summed E-state index contributed by atoms with van der Waals surface area (Å²) < 4.78 is 11.2. The molecule has 3 nitrogen and oxygen atoms in total. The highest BCUT2D eigenvalue weighted by Crippen LogP contribution is 2.38. The van der Waals surface area contributed by atoms with Crippen LogP contribution in [0.2, 0.25) is 0 Å². The second kappa shape index (κ2) is 4.47. The fraction of sp³-hybridized carbons (Fsp3) is 0.600. The predicted octanol–water partition coefficient (Wildman–Crippen LogP) is 2.52. The number of rotatable bonds is 6. The third-order valence-electron chi connectivity index (χ3n) is 3.85. The number of hydrogen-bond acceptors (Lipinski definition) is 3. The topological polar surface area (TPSA) is 44.5 Å². The molecule has 0 atom stereocenters. The van der Waals surface area contributed by atoms with Crippen LogP contribution in [0.25, 0.3) is 0 Å². The molecule has 0 aromatic heterocycles. The lowest BCUT2D eigenvalue weighted by Gasteiger charge is -2.13. The van der Waals surface area contributed by atoms with E-state index in [-0.39, 0.29) is 5.54 Å². The second-order valence-corrected chi connectivity index (χ2v) is 5.78. The van der Waals surface area contributed by atoms with Gasteiger partial charge in [-0.25, -0.2) is 0 Å². The van der Waals surface area contributed by atoms with Gasteiger partial charge in [0.05, 0.1) is 13.7 Å². The first-order chi connectivity index (χ1) is 8.68. The van der Waals surface area contributed by atoms with Crippen LogP contribution >= 0.6 is 0 Å². The molecular weight excluding hydrogens is 226 g/mol. The molecule has 0 unspecified atom stereocenters. The minimum Gasteiger partial charge on any atom is -0.493 e. The van der Waals surface area contributed by atoms with Crippen molar-refractivity contribution >= 4 is 0 Å². The standard InChI is InChI=1S/C15H21NO2/c1-17-14-8-12(9-15(16)6-7-15)4-5-13(14)18-10-11-2-3-11/h4-5,8,11H,2-3,6-7,9-10,16H2,1H3. The van der Waals surface area contributed by atoms with Gasteiger partial charge in [0.1, 0.15) is 0 Å². The van der Waals surface area contributed by atoms with Crippen LogP contribution in [0.4, 0.5) is 0 Å². The monoisotopic (exact) mass is 247 g/mol. The van der Waals surface area contributed by atoms with Gasteiger partial charge in [0, 0.05) is 5.54 Å². The Morgan fingerprint density at radius 2 is 2.06 bits per heavy atom. The minimum absolute atomic E-state index is 0.0431. The van der Waals surface area contributed by atoms with Crippen molar-refractivity contribution in [3.63, 3.8) is 0 Å². The summed E-state index contributed by atoms with van der Waals surface area (Å²) in [6.07, 6.45) is 5.81. The molecule has 1 aromatic rings. The summed E-state index contributed by atoms with van der Waals surface area (Å²) in [6, 6.07) is 6.19. The number of benzene rings is 1. The fourth-order valence-corrected chi connectivity index (χ4v) is 2.18. The maximum absolute atomic E-state index is 6.14. The summed E-state index contributed by atoms with van der Waals surface area (Å²) in [6.45, 7) is 0.816. The van der Waals surface area contributed by atoms with Gasteiger partial charge in [0.2, 0.25) is 0 Å². The molecule has 2 aliphatic carbocycles. The van der Waals surface area contributed by atoms with E-state index < -0.39 is 0 Å². The van der Waals surface area contributed by atoms with Crippen LogP contribution in [0.3, 0.4) is 0 Å². The molecule has 3 rings (SSSR count). The second-order valence-electron chi connectivity index (χ2n) is 5.78. The Labute approximate surface area is 108 Å². The number of methoxy groups -OCH3 is 1. The van der Waals surface area contributed by atoms with Gasteiger partial charge in [0.15, 0.2) is 11.5 Å². The first kappa shape index (κ1) is 11.8. The van der Waals surface area contributed by atoms with Gasteiger partial charge in [0.25, 0.3) is 0 Å². The predicted molar refractivity (Wildman–Crippen MR) is 71.1 cm³/mol. The molecule has 2 N–H and O–H groups in total. The normalized spacial score (nSPS) is 20.6. The Morgan fingerprint density at radius 1 is 1.28 bits per heavy atom. The van der Waals surface area contributed by atoms with Gasteiger partial charge in [-0.2, -0.15) is 0 Å². The molecule has 0 heterocycles. The van der Waals surface area contributed by atoms with Crippen LogP contribution in [0.5, 0.6) is 11.5 Å². The molecule has 0 radical (unpaired) electrons. The minimum atomic E-state index is 0.0431. The van der Waals surface area contributed by atoms with Gasteiger partial charge in [-0.1, -0.05) is 6.07 Å². The summed E-state index contributed by atoms with van der Waals surface area (Å²) in [5, 5.41) is 0. The van der Waals surface area contributed by atoms with E-state index in [9.17, 15) is 0 Å². The number of hydrogen-bond donors (Lipinski definition) is 1. The quantitative estimate of drug-likeness (QED) is 0.840. The first-order valence-corrected chi connectivity index (χ1v) is 6.77. The Morgan fingerprint density at radius 3 is 2.67 bits per heavy atom. The van der Waals surface area contributed by atoms with Gasteiger partial charge in [-0.3, -0.25) is 0 Å². The van der Waals surface area contributed by atoms with Gasteiger partial charge in [-0.05, 0) is 55.7 Å². The van der Waals surface area contributed by atoms with E-state index in [1.54, 1.807) is 7.11 Å². The fourth-order valence-electron chi connectivity index (χ4n) is 2.18. The zero-order chi connectivity index (χ0) is 12.6. The van der Waals surface area contributed by atoms with Crippen molar-refractivity contribution in [2.45, 2.75) is 37.6 Å². The van der Waals surface area contributed by atoms with Crippen molar-refractivity contribution in [2.24, 2.45) is 11.7 Å². The molecule has 2 aliphatic rings. The van der Waals surface area contributed by atoms with Crippen molar-refractivity contribution in [3.05, 3.63) is 23.8 Å². The summed E-state index contributed by atoms with van der Waals surface area (Å²) in [5.74, 6) is 2.44. The molecule has 0 bridgehead atoms. The van der Waals surface area contributed by atoms with Crippen LogP contribution in [0, 0.1) is 5.92 Å². The maximum atomic E-state index is 6.14. The molecule has 0 saturated heterocycles. The summed E-state index contributed by atoms with van der Waals surface area (Å²) in [7, 11) is 1.69. The third-order valence-corrected chi connectivity index (χ3v) is 3.85. The smallest absolute Gasteiger partial charge is 0.161 e. The highest BCUT2D eigenvalue weighted by Gasteiger charge is 2.38. The van der Waals surface area contributed by atoms with E-state index in [1.165, 1.54) is 18.4 Å². The molecule has 2 fully saturated rings. The largest absolute Gasteiger partial charge is 0.493 e. The molecule has 1 aromatic carbocycles. The first-order valence-electron chi connectivity index (χ1n) is 6.77. The van der Waals surface area contributed by atoms with Crippen LogP contribution in [-0.2, 0) is 6.42 Å². The van der Waals surface area contributed by atoms with Gasteiger partial charge >= 0.3 is 0 Å². The van der Waals surface area contributed by atoms with E-state index in [0.717, 1.165) is 43.3 Å². The molecule has 98 valence electrons. The zero-order valence-electron chi connectivity index (χ0n) is 10.9. The maximum Gasteiger partial charge on any atom is 0.161 e. The van der Waals surface area contributed by atoms with E-state index in [2.05, 4.69) is 12.1 Å². The van der Waals surface area contributed by atoms with Gasteiger partial charge < -0.3 is 15.2 Å². The van der Waals surface area contributed by atoms with Crippen LogP contribution in [-0.4, -0.2) is 19.3 Å². The lowest BCUT2D eigenvalue weighted by Crippen LogP contribution is -2.24. The van der Waals surface area contributed by atoms with Crippen molar-refractivity contribution in [3.8, 4) is 11.5 Å². The lowest BCUT2D eigenvalue weighted by atomic mass is 10.0. The van der Waals surface area contributed by atoms with E-state index in [4.69, 9.17) is 15.2 Å². The highest BCUT2D eigenvalue weighted by molar-refractivity contribution is 5.43. The Balaban J connectivity index is 1.69. The number of nitrogens with two attached hydrogens (primary N) is 1. The molecule has 0 spiro atoms. The molecule has 2 saturated carbocycles. The van der Waals surface area contributed by atoms with Gasteiger partial charge in [-0.15, -0.1) is 0 Å². The lowest BCUT2D eigenvalue weighted by molar-refractivity contribution is 0.280. The van der Waals surface area contributed by atoms with E-state index in [1.807, 2.05) is 6.07 Å². The summed E-state index contributed by atoms with van der Waals surface area (Å²) >= 11 is 0. The Hall–Kier alpha value is -1.22. The van der Waals surface area contributed by atoms with E-state index in [0.29, 0.717) is 0 Å². The Bertz CT molecular complexity index is 436. The van der Waals surface area contributed by atoms with Crippen molar-refractivity contribution in [1.29, 1.82) is 0 Å².